The molecule has 0 fully saturated rings. The molecule has 1 amide bonds. The summed E-state index contributed by atoms with van der Waals surface area (Å²) < 4.78 is 8.58. The number of ether oxygens (including phenoxy) is 1. The van der Waals surface area contributed by atoms with Gasteiger partial charge in [0.2, 0.25) is 5.91 Å². The predicted molar refractivity (Wildman–Crippen MR) is 123 cm³/mol. The number of unbranched alkanes of at least 4 members (excludes halogenated alkanes) is 1. The van der Waals surface area contributed by atoms with Gasteiger partial charge >= 0.3 is 0 Å². The lowest BCUT2D eigenvalue weighted by Gasteiger charge is -2.09. The van der Waals surface area contributed by atoms with Crippen molar-refractivity contribution in [2.45, 2.75) is 38.4 Å². The van der Waals surface area contributed by atoms with E-state index in [1.165, 1.54) is 11.8 Å². The van der Waals surface area contributed by atoms with Crippen LogP contribution >= 0.6 is 27.7 Å². The second kappa shape index (κ2) is 11.1. The molecule has 0 saturated carbocycles. The van der Waals surface area contributed by atoms with E-state index in [0.717, 1.165) is 41.1 Å². The van der Waals surface area contributed by atoms with E-state index in [1.54, 1.807) is 12.3 Å². The summed E-state index contributed by atoms with van der Waals surface area (Å²) in [5.74, 6) is 2.22. The summed E-state index contributed by atoms with van der Waals surface area (Å²) in [6.45, 7) is 5.60. The molecule has 0 aliphatic heterocycles. The van der Waals surface area contributed by atoms with E-state index in [-0.39, 0.29) is 11.7 Å². The van der Waals surface area contributed by atoms with Crippen molar-refractivity contribution >= 4 is 39.4 Å². The Morgan fingerprint density at radius 3 is 2.63 bits per heavy atom. The minimum atomic E-state index is -0.143. The second-order valence-electron chi connectivity index (χ2n) is 6.48. The number of pyridine rings is 1. The molecule has 2 aromatic heterocycles. The largest absolute Gasteiger partial charge is 0.494 e. The summed E-state index contributed by atoms with van der Waals surface area (Å²) >= 11 is 4.67. The van der Waals surface area contributed by atoms with E-state index < -0.39 is 0 Å². The van der Waals surface area contributed by atoms with Gasteiger partial charge < -0.3 is 14.6 Å². The monoisotopic (exact) mass is 489 g/mol. The fourth-order valence-corrected chi connectivity index (χ4v) is 3.72. The molecule has 0 radical (unpaired) electrons. The van der Waals surface area contributed by atoms with Crippen molar-refractivity contribution in [3.05, 3.63) is 47.1 Å². The molecule has 30 heavy (non-hydrogen) atoms. The maximum absolute atomic E-state index is 12.2. The van der Waals surface area contributed by atoms with E-state index in [1.807, 2.05) is 41.8 Å². The molecule has 3 rings (SSSR count). The number of carbonyl (C=O) groups is 1. The van der Waals surface area contributed by atoms with Crippen LogP contribution in [0.2, 0.25) is 0 Å². The zero-order valence-corrected chi connectivity index (χ0v) is 19.4. The van der Waals surface area contributed by atoms with Gasteiger partial charge in [-0.3, -0.25) is 4.79 Å². The Morgan fingerprint density at radius 1 is 1.17 bits per heavy atom. The summed E-state index contributed by atoms with van der Waals surface area (Å²) in [6.07, 6.45) is 3.79. The minimum Gasteiger partial charge on any atom is -0.494 e. The second-order valence-corrected chi connectivity index (χ2v) is 8.33. The number of halogens is 1. The maximum atomic E-state index is 12.2. The van der Waals surface area contributed by atoms with Crippen LogP contribution in [0.4, 0.5) is 5.82 Å². The number of amides is 1. The number of hydrogen-bond acceptors (Lipinski definition) is 6. The normalized spacial score (nSPS) is 10.8. The Hall–Kier alpha value is -2.39. The van der Waals surface area contributed by atoms with Crippen LogP contribution in [0.5, 0.6) is 5.75 Å². The molecule has 0 saturated heterocycles. The van der Waals surface area contributed by atoms with E-state index in [4.69, 9.17) is 4.74 Å². The van der Waals surface area contributed by atoms with Crippen LogP contribution in [-0.2, 0) is 11.3 Å². The van der Waals surface area contributed by atoms with Crippen molar-refractivity contribution in [3.8, 4) is 17.1 Å². The fourth-order valence-electron chi connectivity index (χ4n) is 2.69. The van der Waals surface area contributed by atoms with Crippen LogP contribution in [0, 0.1) is 0 Å². The Morgan fingerprint density at radius 2 is 1.97 bits per heavy atom. The van der Waals surface area contributed by atoms with Crippen LogP contribution in [0.1, 0.15) is 26.7 Å². The summed E-state index contributed by atoms with van der Waals surface area (Å²) in [4.78, 5) is 16.4. The molecule has 0 unspecified atom stereocenters. The van der Waals surface area contributed by atoms with Crippen molar-refractivity contribution in [2.75, 3.05) is 17.7 Å². The Labute approximate surface area is 188 Å². The molecule has 7 nitrogen and oxygen atoms in total. The first kappa shape index (κ1) is 22.3. The molecule has 9 heteroatoms. The van der Waals surface area contributed by atoms with Gasteiger partial charge in [-0.15, -0.1) is 10.2 Å². The van der Waals surface area contributed by atoms with Crippen LogP contribution in [0.15, 0.2) is 52.2 Å². The van der Waals surface area contributed by atoms with Gasteiger partial charge in [0, 0.05) is 22.8 Å². The molecule has 3 aromatic rings. The van der Waals surface area contributed by atoms with Gasteiger partial charge in [0.15, 0.2) is 11.0 Å². The highest BCUT2D eigenvalue weighted by atomic mass is 79.9. The maximum Gasteiger partial charge on any atom is 0.236 e. The zero-order chi connectivity index (χ0) is 21.3. The summed E-state index contributed by atoms with van der Waals surface area (Å²) in [7, 11) is 0. The minimum absolute atomic E-state index is 0.143. The van der Waals surface area contributed by atoms with Gasteiger partial charge in [0.1, 0.15) is 11.6 Å². The number of thioether (sulfide) groups is 1. The molecule has 158 valence electrons. The third kappa shape index (κ3) is 6.06. The average Bonchev–Trinajstić information content (AvgIpc) is 3.17. The van der Waals surface area contributed by atoms with Gasteiger partial charge in [0.25, 0.3) is 0 Å². The molecule has 1 aromatic carbocycles. The average molecular weight is 490 g/mol. The zero-order valence-electron chi connectivity index (χ0n) is 17.0. The smallest absolute Gasteiger partial charge is 0.236 e. The number of aromatic nitrogens is 4. The first-order chi connectivity index (χ1) is 14.6. The lowest BCUT2D eigenvalue weighted by atomic mass is 10.2. The fraction of sp³-hybridized carbons (Fsp3) is 0.333. The molecule has 1 N–H and O–H groups in total. The van der Waals surface area contributed by atoms with Crippen LogP contribution in [0.25, 0.3) is 11.4 Å². The Bertz CT molecular complexity index is 961. The third-order valence-corrected chi connectivity index (χ3v) is 5.68. The van der Waals surface area contributed by atoms with Crippen LogP contribution in [0.3, 0.4) is 0 Å². The molecule has 0 spiro atoms. The number of benzene rings is 1. The molecule has 0 aliphatic rings. The standard InChI is InChI=1S/C21H24BrN5O2S/c1-3-5-12-29-17-9-6-15(7-10-17)20-25-26-21(27(20)4-2)30-14-19(28)24-18-11-8-16(22)13-23-18/h6-11,13H,3-5,12,14H2,1-2H3,(H,23,24,28). The molecular formula is C21H24BrN5O2S. The topological polar surface area (TPSA) is 81.9 Å². The van der Waals surface area contributed by atoms with E-state index in [2.05, 4.69) is 43.4 Å². The quantitative estimate of drug-likeness (QED) is 0.317. The molecular weight excluding hydrogens is 466 g/mol. The van der Waals surface area contributed by atoms with Crippen molar-refractivity contribution in [1.82, 2.24) is 19.7 Å². The van der Waals surface area contributed by atoms with Crippen molar-refractivity contribution < 1.29 is 9.53 Å². The van der Waals surface area contributed by atoms with Crippen molar-refractivity contribution in [2.24, 2.45) is 0 Å². The van der Waals surface area contributed by atoms with Gasteiger partial charge in [-0.2, -0.15) is 0 Å². The molecule has 2 heterocycles. The van der Waals surface area contributed by atoms with Crippen LogP contribution < -0.4 is 10.1 Å². The highest BCUT2D eigenvalue weighted by Gasteiger charge is 2.15. The molecule has 0 aliphatic carbocycles. The lowest BCUT2D eigenvalue weighted by Crippen LogP contribution is -2.15. The van der Waals surface area contributed by atoms with E-state index in [0.29, 0.717) is 17.5 Å². The molecule has 0 bridgehead atoms. The first-order valence-corrected chi connectivity index (χ1v) is 11.6. The predicted octanol–water partition coefficient (Wildman–Crippen LogP) is 5.03. The van der Waals surface area contributed by atoms with Gasteiger partial charge in [-0.25, -0.2) is 4.98 Å². The van der Waals surface area contributed by atoms with E-state index >= 15 is 0 Å². The summed E-state index contributed by atoms with van der Waals surface area (Å²) in [5.41, 5.74) is 0.961. The SMILES string of the molecule is CCCCOc1ccc(-c2nnc(SCC(=O)Nc3ccc(Br)cn3)n2CC)cc1. The van der Waals surface area contributed by atoms with Gasteiger partial charge in [0.05, 0.1) is 12.4 Å². The van der Waals surface area contributed by atoms with Gasteiger partial charge in [-0.05, 0) is 65.7 Å². The lowest BCUT2D eigenvalue weighted by molar-refractivity contribution is -0.113. The highest BCUT2D eigenvalue weighted by Crippen LogP contribution is 2.26. The van der Waals surface area contributed by atoms with Crippen LogP contribution in [-0.4, -0.2) is 38.0 Å². The van der Waals surface area contributed by atoms with Crippen molar-refractivity contribution in [3.63, 3.8) is 0 Å². The molecule has 0 atom stereocenters. The number of nitrogens with zero attached hydrogens (tertiary/aromatic N) is 4. The summed E-state index contributed by atoms with van der Waals surface area (Å²) in [6, 6.07) is 11.4. The van der Waals surface area contributed by atoms with E-state index in [9.17, 15) is 4.79 Å². The number of carbonyl (C=O) groups excluding carboxylic acids is 1. The van der Waals surface area contributed by atoms with Crippen molar-refractivity contribution in [1.29, 1.82) is 0 Å². The first-order valence-electron chi connectivity index (χ1n) is 9.81. The number of rotatable bonds is 10. The van der Waals surface area contributed by atoms with Gasteiger partial charge in [-0.1, -0.05) is 25.1 Å². The number of nitrogens with one attached hydrogen (secondary N) is 1. The highest BCUT2D eigenvalue weighted by molar-refractivity contribution is 9.10. The number of hydrogen-bond donors (Lipinski definition) is 1. The Balaban J connectivity index is 1.62. The number of anilines is 1. The summed E-state index contributed by atoms with van der Waals surface area (Å²) in [5, 5.41) is 12.1. The third-order valence-electron chi connectivity index (χ3n) is 4.24. The Kier molecular flexibility index (Phi) is 8.27.